The van der Waals surface area contributed by atoms with Crippen LogP contribution in [0.25, 0.3) is 16.2 Å². The summed E-state index contributed by atoms with van der Waals surface area (Å²) in [6.07, 6.45) is -2.77. The van der Waals surface area contributed by atoms with Crippen LogP contribution < -0.4 is 9.62 Å². The fourth-order valence-electron chi connectivity index (χ4n) is 4.71. The number of halogens is 2. The van der Waals surface area contributed by atoms with Crippen molar-refractivity contribution in [2.45, 2.75) is 29.8 Å². The lowest BCUT2D eigenvalue weighted by atomic mass is 10.0. The van der Waals surface area contributed by atoms with Gasteiger partial charge >= 0.3 is 0 Å². The van der Waals surface area contributed by atoms with E-state index >= 15 is 0 Å². The second-order valence-electron chi connectivity index (χ2n) is 9.40. The van der Waals surface area contributed by atoms with Crippen LogP contribution in [-0.4, -0.2) is 103 Å². The van der Waals surface area contributed by atoms with Crippen LogP contribution in [0.1, 0.15) is 19.8 Å². The summed E-state index contributed by atoms with van der Waals surface area (Å²) in [6.45, 7) is 6.49. The van der Waals surface area contributed by atoms with Crippen LogP contribution in [0.3, 0.4) is 0 Å². The highest BCUT2D eigenvalue weighted by atomic mass is 32.2. The first-order valence-electron chi connectivity index (χ1n) is 11.4. The lowest BCUT2D eigenvalue weighted by Crippen LogP contribution is -2.59. The summed E-state index contributed by atoms with van der Waals surface area (Å²) in [5, 5.41) is 15.5. The molecule has 0 amide bonds. The Balaban J connectivity index is 0.00000280. The van der Waals surface area contributed by atoms with Crippen molar-refractivity contribution in [2.24, 2.45) is 0 Å². The molecule has 3 aromatic rings. The van der Waals surface area contributed by atoms with Crippen LogP contribution in [0.4, 0.5) is 14.6 Å². The summed E-state index contributed by atoms with van der Waals surface area (Å²) in [6, 6.07) is 3.17. The molecule has 3 aromatic heterocycles. The molecule has 0 bridgehead atoms. The lowest BCUT2D eigenvalue weighted by molar-refractivity contribution is -0.0523. The summed E-state index contributed by atoms with van der Waals surface area (Å²) in [5.41, 5.74) is -0.180. The Morgan fingerprint density at radius 3 is 2.75 bits per heavy atom. The van der Waals surface area contributed by atoms with Crippen LogP contribution in [0.15, 0.2) is 17.0 Å². The number of fused-ring (bicyclic) bond motifs is 2. The van der Waals surface area contributed by atoms with Gasteiger partial charge in [-0.2, -0.15) is 4.52 Å². The van der Waals surface area contributed by atoms with Crippen LogP contribution in [0.5, 0.6) is 0 Å². The number of anilines is 1. The number of hydrogen-bond donors (Lipinski definition) is 1. The summed E-state index contributed by atoms with van der Waals surface area (Å²) >= 11 is 0.700. The highest BCUT2D eigenvalue weighted by Crippen LogP contribution is 2.34. The zero-order chi connectivity index (χ0) is 25.1. The van der Waals surface area contributed by atoms with Gasteiger partial charge in [-0.15, -0.1) is 15.3 Å². The molecule has 6 heterocycles. The predicted octanol–water partition coefficient (Wildman–Crippen LogP) is 1.02. The molecule has 1 atom stereocenters. The third-order valence-electron chi connectivity index (χ3n) is 6.60. The Bertz CT molecular complexity index is 1400. The van der Waals surface area contributed by atoms with E-state index in [0.29, 0.717) is 49.0 Å². The van der Waals surface area contributed by atoms with Gasteiger partial charge in [0.25, 0.3) is 6.43 Å². The van der Waals surface area contributed by atoms with Crippen molar-refractivity contribution in [1.29, 1.82) is 0 Å². The lowest BCUT2D eigenvalue weighted by Gasteiger charge is -2.44. The third-order valence-corrected chi connectivity index (χ3v) is 9.15. The smallest absolute Gasteiger partial charge is 0.291 e. The van der Waals surface area contributed by atoms with E-state index in [4.69, 9.17) is 9.47 Å². The van der Waals surface area contributed by atoms with E-state index in [1.54, 1.807) is 13.0 Å². The second kappa shape index (κ2) is 8.88. The molecule has 3 aliphatic heterocycles. The van der Waals surface area contributed by atoms with Gasteiger partial charge in [0.15, 0.2) is 15.7 Å². The maximum absolute atomic E-state index is 13.4. The molecule has 12 nitrogen and oxygen atoms in total. The van der Waals surface area contributed by atoms with Crippen molar-refractivity contribution in [2.75, 3.05) is 57.5 Å². The van der Waals surface area contributed by atoms with E-state index in [1.807, 2.05) is 0 Å². The number of piperazine rings is 1. The fourth-order valence-corrected chi connectivity index (χ4v) is 6.81. The standard InChI is InChI=1S/C20H24F2N8O4S2.H2/c1-20(10-34-11-20)26-36(31,32)13-6-14-16(18-24-25-19(35-18)17(21)22)23-27-30(14)15(7-13)29-3-2-28-4-5-33-9-12(28)8-29;/h6-7,12,17,26H,2-5,8-11H2,1H3;1H/t12-;/m1./s1. The maximum atomic E-state index is 13.4. The largest absolute Gasteiger partial charge is 0.378 e. The predicted molar refractivity (Wildman–Crippen MR) is 127 cm³/mol. The van der Waals surface area contributed by atoms with Crippen molar-refractivity contribution >= 4 is 32.7 Å². The van der Waals surface area contributed by atoms with Crippen LogP contribution in [0.2, 0.25) is 0 Å². The maximum Gasteiger partial charge on any atom is 0.291 e. The van der Waals surface area contributed by atoms with E-state index in [9.17, 15) is 17.2 Å². The first-order chi connectivity index (χ1) is 17.2. The van der Waals surface area contributed by atoms with Gasteiger partial charge in [-0.05, 0) is 13.0 Å². The monoisotopic (exact) mass is 544 g/mol. The van der Waals surface area contributed by atoms with E-state index in [1.165, 1.54) is 10.6 Å². The van der Waals surface area contributed by atoms with Crippen molar-refractivity contribution in [3.05, 3.63) is 17.1 Å². The number of alkyl halides is 2. The SMILES string of the molecule is CC1(NS(=O)(=O)c2cc(N3CCN4CCOC[C@H]4C3)n3nnc(-c4nnc(C(F)F)s4)c3c2)COC1.[HH]. The molecule has 0 radical (unpaired) electrons. The average molecular weight is 545 g/mol. The summed E-state index contributed by atoms with van der Waals surface area (Å²) in [5.74, 6) is 0.533. The molecule has 0 saturated carbocycles. The van der Waals surface area contributed by atoms with E-state index < -0.39 is 27.0 Å². The van der Waals surface area contributed by atoms with E-state index in [2.05, 4.69) is 35.0 Å². The quantitative estimate of drug-likeness (QED) is 0.481. The molecule has 3 saturated heterocycles. The number of sulfonamides is 1. The minimum absolute atomic E-state index is 0. The minimum atomic E-state index is -3.95. The third kappa shape index (κ3) is 4.24. The first-order valence-corrected chi connectivity index (χ1v) is 13.7. The normalized spacial score (nSPS) is 22.7. The highest BCUT2D eigenvalue weighted by Gasteiger charge is 2.39. The second-order valence-corrected chi connectivity index (χ2v) is 12.1. The Morgan fingerprint density at radius 2 is 2.03 bits per heavy atom. The van der Waals surface area contributed by atoms with Gasteiger partial charge in [0.2, 0.25) is 10.0 Å². The van der Waals surface area contributed by atoms with Crippen molar-refractivity contribution in [1.82, 2.24) is 34.6 Å². The molecular weight excluding hydrogens is 518 g/mol. The molecule has 0 spiro atoms. The number of aromatic nitrogens is 5. The van der Waals surface area contributed by atoms with E-state index in [0.717, 1.165) is 13.1 Å². The van der Waals surface area contributed by atoms with Crippen LogP contribution in [-0.2, 0) is 19.5 Å². The number of ether oxygens (including phenoxy) is 2. The Morgan fingerprint density at radius 1 is 1.19 bits per heavy atom. The highest BCUT2D eigenvalue weighted by molar-refractivity contribution is 7.89. The summed E-state index contributed by atoms with van der Waals surface area (Å²) in [7, 11) is -3.95. The van der Waals surface area contributed by atoms with Crippen LogP contribution in [0, 0.1) is 0 Å². The number of morpholine rings is 1. The zero-order valence-electron chi connectivity index (χ0n) is 19.3. The topological polar surface area (TPSA) is 127 Å². The summed E-state index contributed by atoms with van der Waals surface area (Å²) in [4.78, 5) is 4.43. The van der Waals surface area contributed by atoms with Gasteiger partial charge in [0.1, 0.15) is 11.3 Å². The first kappa shape index (κ1) is 24.0. The van der Waals surface area contributed by atoms with Crippen molar-refractivity contribution in [3.63, 3.8) is 0 Å². The number of nitrogens with one attached hydrogen (secondary N) is 1. The number of rotatable bonds is 6. The van der Waals surface area contributed by atoms with Crippen molar-refractivity contribution < 1.29 is 28.1 Å². The molecular formula is C20H26F2N8O4S2. The Kier molecular flexibility index (Phi) is 5.92. The molecule has 36 heavy (non-hydrogen) atoms. The van der Waals surface area contributed by atoms with E-state index in [-0.39, 0.29) is 36.3 Å². The zero-order valence-corrected chi connectivity index (χ0v) is 20.9. The van der Waals surface area contributed by atoms with Gasteiger partial charge in [0.05, 0.1) is 42.9 Å². The van der Waals surface area contributed by atoms with Crippen molar-refractivity contribution in [3.8, 4) is 10.7 Å². The molecule has 0 aliphatic carbocycles. The number of pyridine rings is 1. The van der Waals surface area contributed by atoms with Gasteiger partial charge in [-0.1, -0.05) is 16.6 Å². The molecule has 0 unspecified atom stereocenters. The Labute approximate surface area is 210 Å². The van der Waals surface area contributed by atoms with Crippen LogP contribution >= 0.6 is 11.3 Å². The number of nitrogens with zero attached hydrogens (tertiary/aromatic N) is 7. The molecule has 196 valence electrons. The molecule has 1 N–H and O–H groups in total. The minimum Gasteiger partial charge on any atom is -0.378 e. The Hall–Kier alpha value is -2.37. The fraction of sp³-hybridized carbons (Fsp3) is 0.600. The molecule has 3 aliphatic rings. The summed E-state index contributed by atoms with van der Waals surface area (Å²) < 4.78 is 68.2. The average Bonchev–Trinajstić information content (AvgIpc) is 3.49. The number of hydrogen-bond acceptors (Lipinski definition) is 11. The van der Waals surface area contributed by atoms with Gasteiger partial charge in [0, 0.05) is 33.7 Å². The molecule has 3 fully saturated rings. The molecule has 6 rings (SSSR count). The van der Waals surface area contributed by atoms with Gasteiger partial charge in [-0.3, -0.25) is 4.90 Å². The molecule has 0 aromatic carbocycles. The van der Waals surface area contributed by atoms with Gasteiger partial charge < -0.3 is 14.4 Å². The molecule has 16 heteroatoms. The van der Waals surface area contributed by atoms with Gasteiger partial charge in [-0.25, -0.2) is 21.9 Å².